The molecular formula is C26H23N3O4. The Morgan fingerprint density at radius 3 is 2.42 bits per heavy atom. The smallest absolute Gasteiger partial charge is 0.255 e. The fourth-order valence-corrected chi connectivity index (χ4v) is 3.62. The standard InChI is InChI=1S/C26H23N3O4/c1-17-24(19-11-6-3-7-12-19)33-26(28-17)22(15-18-9-4-2-5-10-18)29-25(32)20-13-8-14-21(23(20)31)27-16-30/h2-14,16,22,31H,15H2,1H3,(H,27,30)(H,29,32). The molecule has 0 saturated carbocycles. The van der Waals surface area contributed by atoms with Crippen LogP contribution in [0.1, 0.15) is 33.5 Å². The van der Waals surface area contributed by atoms with Gasteiger partial charge in [0.1, 0.15) is 6.04 Å². The lowest BCUT2D eigenvalue weighted by atomic mass is 10.0. The van der Waals surface area contributed by atoms with Crippen LogP contribution >= 0.6 is 0 Å². The van der Waals surface area contributed by atoms with Crippen molar-refractivity contribution in [2.24, 2.45) is 0 Å². The molecule has 1 heterocycles. The summed E-state index contributed by atoms with van der Waals surface area (Å²) in [6.45, 7) is 1.86. The first-order valence-electron chi connectivity index (χ1n) is 10.5. The Morgan fingerprint density at radius 1 is 1.03 bits per heavy atom. The number of aryl methyl sites for hydroxylation is 1. The van der Waals surface area contributed by atoms with E-state index in [1.807, 2.05) is 67.6 Å². The van der Waals surface area contributed by atoms with E-state index in [0.29, 0.717) is 30.2 Å². The summed E-state index contributed by atoms with van der Waals surface area (Å²) >= 11 is 0. The summed E-state index contributed by atoms with van der Waals surface area (Å²) in [4.78, 5) is 28.5. The number of nitrogens with zero attached hydrogens (tertiary/aromatic N) is 1. The SMILES string of the molecule is Cc1nc(C(Cc2ccccc2)NC(=O)c2cccc(NC=O)c2O)oc1-c1ccccc1. The Kier molecular flexibility index (Phi) is 6.50. The van der Waals surface area contributed by atoms with Crippen LogP contribution in [-0.4, -0.2) is 22.4 Å². The minimum atomic E-state index is -0.585. The van der Waals surface area contributed by atoms with Gasteiger partial charge in [0.15, 0.2) is 11.5 Å². The highest BCUT2D eigenvalue weighted by atomic mass is 16.4. The Labute approximate surface area is 191 Å². The largest absolute Gasteiger partial charge is 0.505 e. The van der Waals surface area contributed by atoms with Crippen LogP contribution in [-0.2, 0) is 11.2 Å². The van der Waals surface area contributed by atoms with Crippen LogP contribution in [0, 0.1) is 6.92 Å². The fraction of sp³-hybridized carbons (Fsp3) is 0.115. The number of oxazole rings is 1. The van der Waals surface area contributed by atoms with Crippen molar-refractivity contribution in [2.75, 3.05) is 5.32 Å². The second kappa shape index (κ2) is 9.82. The van der Waals surface area contributed by atoms with Gasteiger partial charge in [-0.2, -0.15) is 0 Å². The molecule has 166 valence electrons. The highest BCUT2D eigenvalue weighted by Crippen LogP contribution is 2.30. The zero-order chi connectivity index (χ0) is 23.2. The van der Waals surface area contributed by atoms with Gasteiger partial charge < -0.3 is 20.2 Å². The van der Waals surface area contributed by atoms with E-state index in [-0.39, 0.29) is 17.0 Å². The highest BCUT2D eigenvalue weighted by Gasteiger charge is 2.25. The van der Waals surface area contributed by atoms with Gasteiger partial charge in [-0.25, -0.2) is 4.98 Å². The number of anilines is 1. The number of para-hydroxylation sites is 1. The summed E-state index contributed by atoms with van der Waals surface area (Å²) in [5.41, 5.74) is 2.77. The van der Waals surface area contributed by atoms with Crippen molar-refractivity contribution in [3.8, 4) is 17.1 Å². The molecule has 4 aromatic rings. The fourth-order valence-electron chi connectivity index (χ4n) is 3.62. The molecule has 0 bridgehead atoms. The maximum atomic E-state index is 13.1. The Bertz CT molecular complexity index is 1250. The van der Waals surface area contributed by atoms with Gasteiger partial charge in [0.2, 0.25) is 12.3 Å². The summed E-state index contributed by atoms with van der Waals surface area (Å²) < 4.78 is 6.12. The molecule has 3 N–H and O–H groups in total. The normalized spacial score (nSPS) is 11.5. The number of carbonyl (C=O) groups is 2. The number of hydrogen-bond donors (Lipinski definition) is 3. The molecule has 2 amide bonds. The molecule has 33 heavy (non-hydrogen) atoms. The first-order valence-corrected chi connectivity index (χ1v) is 10.5. The third kappa shape index (κ3) is 4.93. The van der Waals surface area contributed by atoms with Gasteiger partial charge in [-0.05, 0) is 24.6 Å². The Balaban J connectivity index is 1.67. The highest BCUT2D eigenvalue weighted by molar-refractivity contribution is 5.99. The monoisotopic (exact) mass is 441 g/mol. The number of rotatable bonds is 8. The number of benzene rings is 3. The quantitative estimate of drug-likeness (QED) is 0.273. The van der Waals surface area contributed by atoms with Gasteiger partial charge in [0.05, 0.1) is 16.9 Å². The number of phenols is 1. The van der Waals surface area contributed by atoms with E-state index in [1.165, 1.54) is 12.1 Å². The Hall–Kier alpha value is -4.39. The predicted molar refractivity (Wildman–Crippen MR) is 125 cm³/mol. The number of amides is 2. The summed E-state index contributed by atoms with van der Waals surface area (Å²) in [6.07, 6.45) is 0.878. The van der Waals surface area contributed by atoms with Gasteiger partial charge >= 0.3 is 0 Å². The number of aromatic hydroxyl groups is 1. The van der Waals surface area contributed by atoms with Crippen molar-refractivity contribution in [1.82, 2.24) is 10.3 Å². The molecule has 0 spiro atoms. The van der Waals surface area contributed by atoms with E-state index in [0.717, 1.165) is 11.1 Å². The lowest BCUT2D eigenvalue weighted by Gasteiger charge is -2.17. The van der Waals surface area contributed by atoms with Crippen LogP contribution in [0.4, 0.5) is 5.69 Å². The number of aromatic nitrogens is 1. The maximum Gasteiger partial charge on any atom is 0.255 e. The minimum Gasteiger partial charge on any atom is -0.505 e. The van der Waals surface area contributed by atoms with E-state index < -0.39 is 11.9 Å². The van der Waals surface area contributed by atoms with E-state index in [9.17, 15) is 14.7 Å². The average molecular weight is 441 g/mol. The van der Waals surface area contributed by atoms with E-state index >= 15 is 0 Å². The van der Waals surface area contributed by atoms with Crippen molar-refractivity contribution in [3.05, 3.63) is 102 Å². The molecular weight excluding hydrogens is 418 g/mol. The third-order valence-electron chi connectivity index (χ3n) is 5.23. The molecule has 1 atom stereocenters. The van der Waals surface area contributed by atoms with Crippen LogP contribution < -0.4 is 10.6 Å². The first-order chi connectivity index (χ1) is 16.1. The maximum absolute atomic E-state index is 13.1. The van der Waals surface area contributed by atoms with Gasteiger partial charge in [0, 0.05) is 12.0 Å². The second-order valence-electron chi connectivity index (χ2n) is 7.51. The molecule has 0 aliphatic carbocycles. The molecule has 7 nitrogen and oxygen atoms in total. The minimum absolute atomic E-state index is 0.0338. The third-order valence-corrected chi connectivity index (χ3v) is 5.23. The number of hydrogen-bond acceptors (Lipinski definition) is 5. The summed E-state index contributed by atoms with van der Waals surface area (Å²) in [7, 11) is 0. The van der Waals surface area contributed by atoms with E-state index in [1.54, 1.807) is 6.07 Å². The van der Waals surface area contributed by atoms with Gasteiger partial charge in [-0.1, -0.05) is 66.7 Å². The number of nitrogens with one attached hydrogen (secondary N) is 2. The van der Waals surface area contributed by atoms with Gasteiger partial charge in [-0.3, -0.25) is 9.59 Å². The van der Waals surface area contributed by atoms with Crippen LogP contribution in [0.3, 0.4) is 0 Å². The Morgan fingerprint density at radius 2 is 1.73 bits per heavy atom. The number of phenolic OH excluding ortho intramolecular Hbond substituents is 1. The van der Waals surface area contributed by atoms with Crippen LogP contribution in [0.5, 0.6) is 5.75 Å². The molecule has 0 aliphatic rings. The molecule has 0 saturated heterocycles. The van der Waals surface area contributed by atoms with Crippen molar-refractivity contribution < 1.29 is 19.1 Å². The lowest BCUT2D eigenvalue weighted by molar-refractivity contribution is -0.105. The summed E-state index contributed by atoms with van der Waals surface area (Å²) in [5.74, 6) is 0.178. The molecule has 3 aromatic carbocycles. The van der Waals surface area contributed by atoms with Crippen LogP contribution in [0.15, 0.2) is 83.3 Å². The van der Waals surface area contributed by atoms with Gasteiger partial charge in [-0.15, -0.1) is 0 Å². The summed E-state index contributed by atoms with van der Waals surface area (Å²) in [5, 5.41) is 15.8. The lowest BCUT2D eigenvalue weighted by Crippen LogP contribution is -2.30. The van der Waals surface area contributed by atoms with E-state index in [2.05, 4.69) is 15.6 Å². The van der Waals surface area contributed by atoms with Crippen LogP contribution in [0.25, 0.3) is 11.3 Å². The van der Waals surface area contributed by atoms with Crippen molar-refractivity contribution in [2.45, 2.75) is 19.4 Å². The van der Waals surface area contributed by atoms with E-state index in [4.69, 9.17) is 4.42 Å². The molecule has 1 aromatic heterocycles. The number of carbonyl (C=O) groups excluding carboxylic acids is 2. The van der Waals surface area contributed by atoms with Gasteiger partial charge in [0.25, 0.3) is 5.91 Å². The molecule has 0 fully saturated rings. The molecule has 0 radical (unpaired) electrons. The van der Waals surface area contributed by atoms with Crippen molar-refractivity contribution in [1.29, 1.82) is 0 Å². The molecule has 1 unspecified atom stereocenters. The molecule has 7 heteroatoms. The summed E-state index contributed by atoms with van der Waals surface area (Å²) in [6, 6.07) is 23.3. The van der Waals surface area contributed by atoms with Crippen molar-refractivity contribution in [3.63, 3.8) is 0 Å². The average Bonchev–Trinajstić information content (AvgIpc) is 3.23. The zero-order valence-corrected chi connectivity index (χ0v) is 18.0. The van der Waals surface area contributed by atoms with Crippen LogP contribution in [0.2, 0.25) is 0 Å². The predicted octanol–water partition coefficient (Wildman–Crippen LogP) is 4.64. The molecule has 0 aliphatic heterocycles. The first kappa shape index (κ1) is 21.8. The molecule has 4 rings (SSSR count). The topological polar surface area (TPSA) is 104 Å². The second-order valence-corrected chi connectivity index (χ2v) is 7.51. The van der Waals surface area contributed by atoms with Crippen molar-refractivity contribution >= 4 is 18.0 Å². The zero-order valence-electron chi connectivity index (χ0n) is 18.0.